The van der Waals surface area contributed by atoms with E-state index in [1.54, 1.807) is 55.1 Å². The summed E-state index contributed by atoms with van der Waals surface area (Å²) in [5.74, 6) is 0.838. The molecule has 0 bridgehead atoms. The van der Waals surface area contributed by atoms with E-state index in [4.69, 9.17) is 9.47 Å². The fourth-order valence-electron chi connectivity index (χ4n) is 5.28. The average molecular weight is 628 g/mol. The zero-order valence-electron chi connectivity index (χ0n) is 26.5. The number of benzene rings is 2. The molecule has 0 saturated heterocycles. The molecule has 1 aliphatic rings. The van der Waals surface area contributed by atoms with Crippen LogP contribution in [0.25, 0.3) is 5.69 Å². The van der Waals surface area contributed by atoms with Gasteiger partial charge in [0.05, 0.1) is 36.2 Å². The second-order valence-electron chi connectivity index (χ2n) is 10.7. The van der Waals surface area contributed by atoms with Crippen LogP contribution < -0.4 is 19.7 Å². The number of hydrogen-bond acceptors (Lipinski definition) is 5. The Kier molecular flexibility index (Phi) is 10.5. The predicted octanol–water partition coefficient (Wildman–Crippen LogP) is 7.19. The predicted molar refractivity (Wildman–Crippen MR) is 166 cm³/mol. The number of amides is 3. The number of nitrogens with one attached hydrogen (secondary N) is 1. The first-order valence-electron chi connectivity index (χ1n) is 15.2. The Morgan fingerprint density at radius 1 is 0.933 bits per heavy atom. The molecular formula is C33H40F3N5O4. The smallest absolute Gasteiger partial charge is 0.435 e. The van der Waals surface area contributed by atoms with Crippen molar-refractivity contribution >= 4 is 17.6 Å². The molecule has 0 aliphatic carbocycles. The summed E-state index contributed by atoms with van der Waals surface area (Å²) in [7, 11) is 0. The van der Waals surface area contributed by atoms with Gasteiger partial charge in [-0.05, 0) is 82.0 Å². The third-order valence-corrected chi connectivity index (χ3v) is 7.58. The summed E-state index contributed by atoms with van der Waals surface area (Å²) in [5.41, 5.74) is 2.07. The molecule has 0 radical (unpaired) electrons. The number of ether oxygens (including phenoxy) is 2. The number of likely N-dealkylation sites (N-methyl/N-ethyl adjacent to an activating group) is 1. The number of halogens is 3. The number of carbonyl (C=O) groups is 2. The van der Waals surface area contributed by atoms with Gasteiger partial charge in [-0.25, -0.2) is 9.48 Å². The molecular weight excluding hydrogens is 587 g/mol. The minimum Gasteiger partial charge on any atom is -0.490 e. The van der Waals surface area contributed by atoms with Crippen molar-refractivity contribution in [2.24, 2.45) is 0 Å². The van der Waals surface area contributed by atoms with Gasteiger partial charge in [0.25, 0.3) is 5.91 Å². The van der Waals surface area contributed by atoms with Gasteiger partial charge >= 0.3 is 12.2 Å². The lowest BCUT2D eigenvalue weighted by atomic mass is 9.90. The van der Waals surface area contributed by atoms with Crippen LogP contribution in [-0.2, 0) is 11.0 Å². The van der Waals surface area contributed by atoms with E-state index >= 15 is 0 Å². The summed E-state index contributed by atoms with van der Waals surface area (Å²) >= 11 is 0. The Morgan fingerprint density at radius 2 is 1.58 bits per heavy atom. The number of allylic oxidation sites excluding steroid dienone is 1. The molecule has 2 aromatic carbocycles. The highest BCUT2D eigenvalue weighted by Gasteiger charge is 2.39. The molecule has 0 spiro atoms. The summed E-state index contributed by atoms with van der Waals surface area (Å²) < 4.78 is 52.4. The highest BCUT2D eigenvalue weighted by atomic mass is 19.4. The minimum atomic E-state index is -4.56. The summed E-state index contributed by atoms with van der Waals surface area (Å²) in [5, 5.41) is 6.69. The van der Waals surface area contributed by atoms with Crippen LogP contribution in [0.3, 0.4) is 0 Å². The van der Waals surface area contributed by atoms with Crippen LogP contribution in [-0.4, -0.2) is 52.9 Å². The van der Waals surface area contributed by atoms with Gasteiger partial charge in [-0.2, -0.15) is 18.3 Å². The third kappa shape index (κ3) is 7.10. The number of nitrogens with zero attached hydrogens (tertiary/aromatic N) is 4. The van der Waals surface area contributed by atoms with E-state index in [9.17, 15) is 22.8 Å². The number of carbonyl (C=O) groups excluding carboxylic acids is 2. The van der Waals surface area contributed by atoms with Crippen molar-refractivity contribution in [2.45, 2.75) is 66.6 Å². The van der Waals surface area contributed by atoms with E-state index < -0.39 is 23.9 Å². The molecule has 1 atom stereocenters. The molecule has 2 heterocycles. The highest BCUT2D eigenvalue weighted by molar-refractivity contribution is 6.05. The summed E-state index contributed by atoms with van der Waals surface area (Å²) in [6.07, 6.45) is -1.71. The Labute approximate surface area is 261 Å². The molecule has 9 nitrogen and oxygen atoms in total. The summed E-state index contributed by atoms with van der Waals surface area (Å²) in [4.78, 5) is 31.0. The molecule has 242 valence electrons. The van der Waals surface area contributed by atoms with Crippen LogP contribution in [0.1, 0.15) is 70.3 Å². The third-order valence-electron chi connectivity index (χ3n) is 7.58. The van der Waals surface area contributed by atoms with E-state index in [1.165, 1.54) is 11.1 Å². The fourth-order valence-corrected chi connectivity index (χ4v) is 5.28. The van der Waals surface area contributed by atoms with Gasteiger partial charge in [0.2, 0.25) is 0 Å². The lowest BCUT2D eigenvalue weighted by Crippen LogP contribution is -2.50. The molecule has 1 N–H and O–H groups in total. The summed E-state index contributed by atoms with van der Waals surface area (Å²) in [6, 6.07) is 9.93. The van der Waals surface area contributed by atoms with Crippen LogP contribution in [0.15, 0.2) is 59.9 Å². The van der Waals surface area contributed by atoms with Crippen molar-refractivity contribution in [3.63, 3.8) is 0 Å². The van der Waals surface area contributed by atoms with Crippen LogP contribution in [0, 0.1) is 6.92 Å². The van der Waals surface area contributed by atoms with Gasteiger partial charge in [-0.15, -0.1) is 0 Å². The Hall–Kier alpha value is -4.48. The monoisotopic (exact) mass is 627 g/mol. The summed E-state index contributed by atoms with van der Waals surface area (Å²) in [6.45, 7) is 13.2. The molecule has 1 aromatic heterocycles. The second kappa shape index (κ2) is 14.1. The topological polar surface area (TPSA) is 88.9 Å². The van der Waals surface area contributed by atoms with Gasteiger partial charge < -0.3 is 19.7 Å². The quantitative estimate of drug-likeness (QED) is 0.230. The molecule has 0 saturated carbocycles. The second-order valence-corrected chi connectivity index (χ2v) is 10.7. The van der Waals surface area contributed by atoms with Gasteiger partial charge in [0.1, 0.15) is 0 Å². The van der Waals surface area contributed by atoms with E-state index in [1.807, 2.05) is 27.7 Å². The van der Waals surface area contributed by atoms with E-state index in [-0.39, 0.29) is 5.91 Å². The first-order valence-corrected chi connectivity index (χ1v) is 15.2. The van der Waals surface area contributed by atoms with Gasteiger partial charge in [0.15, 0.2) is 17.2 Å². The van der Waals surface area contributed by atoms with E-state index in [0.29, 0.717) is 71.6 Å². The SMILES string of the molecule is CCCOc1ccc(N2C(=O)NC(c3ccc(-n4ccc(C(F)(F)F)n4)cc3C)C(C(=O)N(CC)CC)=C2C)cc1OCCC. The number of urea groups is 1. The molecule has 0 fully saturated rings. The normalized spacial score (nSPS) is 15.3. The molecule has 45 heavy (non-hydrogen) atoms. The van der Waals surface area contributed by atoms with Crippen LogP contribution in [0.4, 0.5) is 23.7 Å². The number of anilines is 1. The Morgan fingerprint density at radius 3 is 2.16 bits per heavy atom. The fraction of sp³-hybridized carbons (Fsp3) is 0.424. The zero-order valence-corrected chi connectivity index (χ0v) is 26.5. The Bertz CT molecular complexity index is 1560. The van der Waals surface area contributed by atoms with E-state index in [0.717, 1.165) is 23.6 Å². The van der Waals surface area contributed by atoms with Crippen molar-refractivity contribution in [1.82, 2.24) is 20.0 Å². The van der Waals surface area contributed by atoms with Crippen molar-refractivity contribution in [1.29, 1.82) is 0 Å². The number of aryl methyl sites for hydroxylation is 1. The first kappa shape index (κ1) is 33.4. The maximum Gasteiger partial charge on any atom is 0.435 e. The molecule has 4 rings (SSSR count). The van der Waals surface area contributed by atoms with Gasteiger partial charge in [-0.1, -0.05) is 19.9 Å². The van der Waals surface area contributed by atoms with Crippen molar-refractivity contribution in [3.05, 3.63) is 76.8 Å². The average Bonchev–Trinajstić information content (AvgIpc) is 3.51. The van der Waals surface area contributed by atoms with Crippen LogP contribution >= 0.6 is 0 Å². The zero-order chi connectivity index (χ0) is 32.9. The molecule has 12 heteroatoms. The largest absolute Gasteiger partial charge is 0.490 e. The van der Waals surface area contributed by atoms with E-state index in [2.05, 4.69) is 10.4 Å². The molecule has 3 amide bonds. The minimum absolute atomic E-state index is 0.233. The number of rotatable bonds is 12. The number of hydrogen-bond donors (Lipinski definition) is 1. The van der Waals surface area contributed by atoms with Crippen molar-refractivity contribution in [2.75, 3.05) is 31.2 Å². The highest BCUT2D eigenvalue weighted by Crippen LogP contribution is 2.39. The molecule has 1 aliphatic heterocycles. The molecule has 3 aromatic rings. The van der Waals surface area contributed by atoms with Crippen LogP contribution in [0.5, 0.6) is 11.5 Å². The molecule has 1 unspecified atom stereocenters. The standard InChI is InChI=1S/C33H40F3N5O4/c1-7-17-44-26-14-12-24(20-27(26)45-18-8-2)41-22(6)29(31(42)39(9-3)10-4)30(37-32(41)43)25-13-11-23(19-21(25)5)40-16-15-28(38-40)33(34,35)36/h11-16,19-20,30H,7-10,17-18H2,1-6H3,(H,37,43). The first-order chi connectivity index (χ1) is 21.4. The van der Waals surface area contributed by atoms with Gasteiger partial charge in [-0.3, -0.25) is 9.69 Å². The van der Waals surface area contributed by atoms with Crippen molar-refractivity contribution < 1.29 is 32.2 Å². The number of alkyl halides is 3. The lowest BCUT2D eigenvalue weighted by Gasteiger charge is -2.38. The van der Waals surface area contributed by atoms with Gasteiger partial charge in [0, 0.05) is 31.0 Å². The Balaban J connectivity index is 1.80. The maximum absolute atomic E-state index is 14.0. The number of aromatic nitrogens is 2. The maximum atomic E-state index is 14.0. The van der Waals surface area contributed by atoms with Crippen molar-refractivity contribution in [3.8, 4) is 17.2 Å². The van der Waals surface area contributed by atoms with Crippen LogP contribution in [0.2, 0.25) is 0 Å². The lowest BCUT2D eigenvalue weighted by molar-refractivity contribution is -0.141.